The van der Waals surface area contributed by atoms with E-state index in [1.54, 1.807) is 11.9 Å². The molecule has 0 bridgehead atoms. The lowest BCUT2D eigenvalue weighted by Crippen LogP contribution is -2.30. The molecule has 84 valence electrons. The van der Waals surface area contributed by atoms with Crippen molar-refractivity contribution < 1.29 is 0 Å². The monoisotopic (exact) mass is 243 g/mol. The minimum Gasteiger partial charge on any atom is -0.241 e. The zero-order valence-corrected chi connectivity index (χ0v) is 11.3. The molecule has 15 heavy (non-hydrogen) atoms. The van der Waals surface area contributed by atoms with Crippen LogP contribution in [0, 0.1) is 0 Å². The van der Waals surface area contributed by atoms with Crippen molar-refractivity contribution in [2.45, 2.75) is 44.7 Å². The fourth-order valence-corrected chi connectivity index (χ4v) is 2.47. The molecule has 0 fully saturated rings. The van der Waals surface area contributed by atoms with Crippen LogP contribution in [0.5, 0.6) is 0 Å². The van der Waals surface area contributed by atoms with Crippen LogP contribution in [0.2, 0.25) is 5.02 Å². The van der Waals surface area contributed by atoms with E-state index in [0.717, 1.165) is 5.02 Å². The number of nitrogens with zero attached hydrogens (tertiary/aromatic N) is 1. The highest BCUT2D eigenvalue weighted by Crippen LogP contribution is 2.27. The van der Waals surface area contributed by atoms with Gasteiger partial charge in [-0.05, 0) is 63.9 Å². The highest BCUT2D eigenvalue weighted by Gasteiger charge is 2.14. The zero-order valence-electron chi connectivity index (χ0n) is 9.70. The van der Waals surface area contributed by atoms with Crippen LogP contribution in [-0.2, 0) is 0 Å². The van der Waals surface area contributed by atoms with Crippen LogP contribution >= 0.6 is 23.5 Å². The van der Waals surface area contributed by atoms with Gasteiger partial charge in [-0.3, -0.25) is 0 Å². The SMILES string of the molecule is CC(C)N(Sc1ccc(Cl)cc1)C(C)C. The summed E-state index contributed by atoms with van der Waals surface area (Å²) in [7, 11) is 0. The van der Waals surface area contributed by atoms with Gasteiger partial charge < -0.3 is 0 Å². The van der Waals surface area contributed by atoms with Crippen molar-refractivity contribution in [3.05, 3.63) is 29.3 Å². The lowest BCUT2D eigenvalue weighted by Gasteiger charge is -2.28. The number of benzene rings is 1. The van der Waals surface area contributed by atoms with Gasteiger partial charge in [0, 0.05) is 22.0 Å². The predicted molar refractivity (Wildman–Crippen MR) is 69.4 cm³/mol. The fourth-order valence-electron chi connectivity index (χ4n) is 1.42. The highest BCUT2D eigenvalue weighted by molar-refractivity contribution is 7.97. The minimum absolute atomic E-state index is 0.533. The summed E-state index contributed by atoms with van der Waals surface area (Å²) in [6.45, 7) is 8.84. The summed E-state index contributed by atoms with van der Waals surface area (Å²) in [6.07, 6.45) is 0. The first-order valence-electron chi connectivity index (χ1n) is 5.22. The summed E-state index contributed by atoms with van der Waals surface area (Å²) < 4.78 is 2.38. The first-order chi connectivity index (χ1) is 7.00. The van der Waals surface area contributed by atoms with Crippen molar-refractivity contribution in [2.75, 3.05) is 0 Å². The molecular formula is C12H18ClNS. The van der Waals surface area contributed by atoms with Crippen LogP contribution in [0.3, 0.4) is 0 Å². The molecule has 1 rings (SSSR count). The van der Waals surface area contributed by atoms with E-state index >= 15 is 0 Å². The molecule has 0 atom stereocenters. The topological polar surface area (TPSA) is 3.24 Å². The Kier molecular flexibility index (Phi) is 4.97. The normalized spacial score (nSPS) is 11.7. The van der Waals surface area contributed by atoms with Gasteiger partial charge >= 0.3 is 0 Å². The summed E-state index contributed by atoms with van der Waals surface area (Å²) in [5.41, 5.74) is 0. The van der Waals surface area contributed by atoms with Gasteiger partial charge in [0.1, 0.15) is 0 Å². The molecule has 0 aliphatic heterocycles. The van der Waals surface area contributed by atoms with E-state index in [1.165, 1.54) is 4.90 Å². The second-order valence-corrected chi connectivity index (χ2v) is 5.60. The Labute approximate surface area is 102 Å². The third-order valence-electron chi connectivity index (χ3n) is 2.04. The first kappa shape index (κ1) is 12.9. The van der Waals surface area contributed by atoms with E-state index in [9.17, 15) is 0 Å². The molecule has 3 heteroatoms. The maximum atomic E-state index is 5.85. The van der Waals surface area contributed by atoms with E-state index in [1.807, 2.05) is 12.1 Å². The van der Waals surface area contributed by atoms with Crippen molar-refractivity contribution in [3.8, 4) is 0 Å². The largest absolute Gasteiger partial charge is 0.241 e. The molecule has 1 aromatic carbocycles. The van der Waals surface area contributed by atoms with Crippen LogP contribution in [0.4, 0.5) is 0 Å². The molecule has 0 spiro atoms. The third-order valence-corrected chi connectivity index (χ3v) is 3.83. The summed E-state index contributed by atoms with van der Waals surface area (Å²) in [5.74, 6) is 0. The lowest BCUT2D eigenvalue weighted by atomic mass is 10.3. The lowest BCUT2D eigenvalue weighted by molar-refractivity contribution is 0.335. The molecule has 1 aromatic rings. The summed E-state index contributed by atoms with van der Waals surface area (Å²) >= 11 is 7.64. The van der Waals surface area contributed by atoms with Crippen molar-refractivity contribution in [2.24, 2.45) is 0 Å². The highest BCUT2D eigenvalue weighted by atomic mass is 35.5. The Hall–Kier alpha value is -0.180. The molecule has 1 nitrogen and oxygen atoms in total. The van der Waals surface area contributed by atoms with Crippen molar-refractivity contribution in [1.82, 2.24) is 4.31 Å². The molecule has 0 saturated carbocycles. The van der Waals surface area contributed by atoms with Crippen LogP contribution in [0.1, 0.15) is 27.7 Å². The first-order valence-corrected chi connectivity index (χ1v) is 6.37. The van der Waals surface area contributed by atoms with Crippen LogP contribution in [0.15, 0.2) is 29.2 Å². The maximum Gasteiger partial charge on any atom is 0.0406 e. The Balaban J connectivity index is 2.70. The molecular weight excluding hydrogens is 226 g/mol. The molecule has 0 aromatic heterocycles. The van der Waals surface area contributed by atoms with Crippen LogP contribution in [-0.4, -0.2) is 16.4 Å². The summed E-state index contributed by atoms with van der Waals surface area (Å²) in [4.78, 5) is 1.24. The van der Waals surface area contributed by atoms with E-state index in [0.29, 0.717) is 12.1 Å². The van der Waals surface area contributed by atoms with Crippen molar-refractivity contribution in [1.29, 1.82) is 0 Å². The minimum atomic E-state index is 0.533. The van der Waals surface area contributed by atoms with Crippen molar-refractivity contribution >= 4 is 23.5 Å². The molecule has 0 aliphatic rings. The van der Waals surface area contributed by atoms with E-state index in [4.69, 9.17) is 11.6 Å². The fraction of sp³-hybridized carbons (Fsp3) is 0.500. The molecule has 0 amide bonds. The van der Waals surface area contributed by atoms with E-state index in [-0.39, 0.29) is 0 Å². The maximum absolute atomic E-state index is 5.85. The standard InChI is InChI=1S/C12H18ClNS/c1-9(2)14(10(3)4)15-12-7-5-11(13)6-8-12/h5-10H,1-4H3. The summed E-state index contributed by atoms with van der Waals surface area (Å²) in [6, 6.07) is 9.05. The molecule has 0 heterocycles. The zero-order chi connectivity index (χ0) is 11.4. The molecule has 0 radical (unpaired) electrons. The summed E-state index contributed by atoms with van der Waals surface area (Å²) in [5, 5.41) is 0.792. The van der Waals surface area contributed by atoms with Crippen LogP contribution in [0.25, 0.3) is 0 Å². The third kappa shape index (κ3) is 4.06. The molecule has 0 saturated heterocycles. The van der Waals surface area contributed by atoms with Crippen LogP contribution < -0.4 is 0 Å². The predicted octanol–water partition coefficient (Wildman–Crippen LogP) is 4.47. The van der Waals surface area contributed by atoms with Gasteiger partial charge in [0.15, 0.2) is 0 Å². The second-order valence-electron chi connectivity index (χ2n) is 4.09. The molecule has 0 aliphatic carbocycles. The second kappa shape index (κ2) is 5.78. The average molecular weight is 244 g/mol. The van der Waals surface area contributed by atoms with Gasteiger partial charge in [0.05, 0.1) is 0 Å². The quantitative estimate of drug-likeness (QED) is 0.718. The average Bonchev–Trinajstić information content (AvgIpc) is 2.15. The van der Waals surface area contributed by atoms with E-state index < -0.39 is 0 Å². The number of halogens is 1. The van der Waals surface area contributed by atoms with Gasteiger partial charge in [0.25, 0.3) is 0 Å². The van der Waals surface area contributed by atoms with Gasteiger partial charge in [-0.2, -0.15) is 0 Å². The molecule has 0 N–H and O–H groups in total. The number of hydrogen-bond acceptors (Lipinski definition) is 2. The Morgan fingerprint density at radius 2 is 1.47 bits per heavy atom. The number of rotatable bonds is 4. The van der Waals surface area contributed by atoms with Gasteiger partial charge in [0.2, 0.25) is 0 Å². The van der Waals surface area contributed by atoms with Gasteiger partial charge in [-0.1, -0.05) is 11.6 Å². The Morgan fingerprint density at radius 3 is 1.87 bits per heavy atom. The number of hydrogen-bond donors (Lipinski definition) is 0. The smallest absolute Gasteiger partial charge is 0.0406 e. The van der Waals surface area contributed by atoms with Gasteiger partial charge in [-0.25, -0.2) is 4.31 Å². The Bertz CT molecular complexity index is 287. The van der Waals surface area contributed by atoms with Gasteiger partial charge in [-0.15, -0.1) is 0 Å². The van der Waals surface area contributed by atoms with E-state index in [2.05, 4.69) is 44.1 Å². The Morgan fingerprint density at radius 1 is 1.00 bits per heavy atom. The van der Waals surface area contributed by atoms with Crippen molar-refractivity contribution in [3.63, 3.8) is 0 Å². The molecule has 0 unspecified atom stereocenters.